The van der Waals surface area contributed by atoms with Crippen LogP contribution in [0.3, 0.4) is 0 Å². The molecule has 0 saturated carbocycles. The first-order valence-electron chi connectivity index (χ1n) is 6.62. The zero-order chi connectivity index (χ0) is 16.4. The average molecular weight is 303 g/mol. The Labute approximate surface area is 128 Å². The molecule has 116 valence electrons. The second-order valence-corrected chi connectivity index (χ2v) is 4.16. The van der Waals surface area contributed by atoms with Gasteiger partial charge in [-0.15, -0.1) is 0 Å². The summed E-state index contributed by atoms with van der Waals surface area (Å²) in [5.41, 5.74) is 0.492. The van der Waals surface area contributed by atoms with Gasteiger partial charge in [-0.3, -0.25) is 10.1 Å². The quantitative estimate of drug-likeness (QED) is 0.534. The van der Waals surface area contributed by atoms with Crippen molar-refractivity contribution in [3.8, 4) is 6.07 Å². The van der Waals surface area contributed by atoms with E-state index < -0.39 is 18.0 Å². The summed E-state index contributed by atoms with van der Waals surface area (Å²) < 4.78 is 4.56. The van der Waals surface area contributed by atoms with Crippen molar-refractivity contribution in [1.82, 2.24) is 10.6 Å². The fraction of sp³-hybridized carbons (Fsp3) is 0.267. The summed E-state index contributed by atoms with van der Waals surface area (Å²) in [4.78, 5) is 22.8. The van der Waals surface area contributed by atoms with Gasteiger partial charge in [-0.05, 0) is 12.5 Å². The number of hydrogen-bond donors (Lipinski definition) is 3. The highest BCUT2D eigenvalue weighted by molar-refractivity contribution is 6.04. The number of nitriles is 1. The van der Waals surface area contributed by atoms with Gasteiger partial charge in [0.1, 0.15) is 11.6 Å². The van der Waals surface area contributed by atoms with Crippen molar-refractivity contribution >= 4 is 12.0 Å². The Morgan fingerprint density at radius 3 is 2.64 bits per heavy atom. The number of imide groups is 1. The molecule has 0 aliphatic heterocycles. The van der Waals surface area contributed by atoms with Crippen molar-refractivity contribution in [3.05, 3.63) is 47.7 Å². The van der Waals surface area contributed by atoms with E-state index in [2.05, 4.69) is 10.1 Å². The van der Waals surface area contributed by atoms with Gasteiger partial charge in [-0.1, -0.05) is 30.3 Å². The van der Waals surface area contributed by atoms with Gasteiger partial charge in [0.15, 0.2) is 0 Å². The molecule has 1 atom stereocenters. The van der Waals surface area contributed by atoms with E-state index >= 15 is 0 Å². The van der Waals surface area contributed by atoms with Crippen LogP contribution in [0.25, 0.3) is 0 Å². The number of aliphatic hydroxyl groups is 1. The lowest BCUT2D eigenvalue weighted by molar-refractivity contribution is -0.116. The van der Waals surface area contributed by atoms with Crippen LogP contribution in [0.5, 0.6) is 0 Å². The summed E-state index contributed by atoms with van der Waals surface area (Å²) in [6.07, 6.45) is 0.234. The van der Waals surface area contributed by atoms with Crippen molar-refractivity contribution in [1.29, 1.82) is 5.26 Å². The zero-order valence-corrected chi connectivity index (χ0v) is 12.1. The molecule has 2 amide bonds. The molecule has 3 N–H and O–H groups in total. The Hall–Kier alpha value is -2.85. The van der Waals surface area contributed by atoms with E-state index in [0.717, 1.165) is 11.8 Å². The lowest BCUT2D eigenvalue weighted by Gasteiger charge is -2.15. The van der Waals surface area contributed by atoms with E-state index in [1.165, 1.54) is 0 Å². The van der Waals surface area contributed by atoms with E-state index in [1.807, 2.05) is 23.5 Å². The number of amides is 2. The summed E-state index contributed by atoms with van der Waals surface area (Å²) in [7, 11) is 0. The molecule has 7 nitrogen and oxygen atoms in total. The third kappa shape index (κ3) is 5.26. The third-order valence-electron chi connectivity index (χ3n) is 2.67. The van der Waals surface area contributed by atoms with Crippen LogP contribution in [-0.2, 0) is 9.53 Å². The molecule has 1 aromatic rings. The normalized spacial score (nSPS) is 12.0. The summed E-state index contributed by atoms with van der Waals surface area (Å²) in [6.45, 7) is 1.49. The number of alkyl carbamates (subject to hydrolysis) is 1. The molecule has 0 saturated heterocycles. The van der Waals surface area contributed by atoms with Crippen molar-refractivity contribution in [3.63, 3.8) is 0 Å². The molecule has 0 bridgehead atoms. The maximum atomic E-state index is 11.7. The average Bonchev–Trinajstić information content (AvgIpc) is 2.52. The van der Waals surface area contributed by atoms with E-state index in [0.29, 0.717) is 0 Å². The Morgan fingerprint density at radius 2 is 2.09 bits per heavy atom. The van der Waals surface area contributed by atoms with Gasteiger partial charge in [0.2, 0.25) is 0 Å². The lowest BCUT2D eigenvalue weighted by Crippen LogP contribution is -2.32. The molecule has 1 unspecified atom stereocenters. The van der Waals surface area contributed by atoms with Gasteiger partial charge < -0.3 is 15.2 Å². The van der Waals surface area contributed by atoms with Crippen LogP contribution in [-0.4, -0.2) is 30.3 Å². The molecule has 0 fully saturated rings. The molecule has 22 heavy (non-hydrogen) atoms. The van der Waals surface area contributed by atoms with Crippen LogP contribution in [0.1, 0.15) is 18.5 Å². The molecule has 0 radical (unpaired) electrons. The number of carbonyl (C=O) groups is 2. The molecular formula is C15H17N3O4. The minimum Gasteiger partial charge on any atom is -0.450 e. The molecule has 1 rings (SSSR count). The highest BCUT2D eigenvalue weighted by Gasteiger charge is 2.15. The number of nitrogens with one attached hydrogen (secondary N) is 2. The van der Waals surface area contributed by atoms with E-state index in [1.54, 1.807) is 25.1 Å². The van der Waals surface area contributed by atoms with Crippen LogP contribution in [0.15, 0.2) is 42.1 Å². The fourth-order valence-electron chi connectivity index (χ4n) is 1.60. The first-order valence-corrected chi connectivity index (χ1v) is 6.62. The van der Waals surface area contributed by atoms with Crippen LogP contribution in [0.2, 0.25) is 0 Å². The van der Waals surface area contributed by atoms with Crippen LogP contribution >= 0.6 is 0 Å². The maximum absolute atomic E-state index is 11.7. The maximum Gasteiger partial charge on any atom is 0.414 e. The van der Waals surface area contributed by atoms with Crippen molar-refractivity contribution in [2.75, 3.05) is 13.2 Å². The predicted molar refractivity (Wildman–Crippen MR) is 78.3 cm³/mol. The zero-order valence-electron chi connectivity index (χ0n) is 12.1. The Balaban J connectivity index is 2.74. The van der Waals surface area contributed by atoms with Gasteiger partial charge in [-0.25, -0.2) is 4.79 Å². The fourth-order valence-corrected chi connectivity index (χ4v) is 1.60. The van der Waals surface area contributed by atoms with E-state index in [4.69, 9.17) is 5.26 Å². The van der Waals surface area contributed by atoms with Gasteiger partial charge >= 0.3 is 6.09 Å². The molecule has 0 aromatic heterocycles. The van der Waals surface area contributed by atoms with Gasteiger partial charge in [0.25, 0.3) is 5.91 Å². The smallest absolute Gasteiger partial charge is 0.414 e. The summed E-state index contributed by atoms with van der Waals surface area (Å²) in [5, 5.41) is 23.0. The van der Waals surface area contributed by atoms with Crippen molar-refractivity contribution in [2.45, 2.75) is 13.0 Å². The molecule has 0 heterocycles. The predicted octanol–water partition coefficient (Wildman–Crippen LogP) is 0.990. The summed E-state index contributed by atoms with van der Waals surface area (Å²) in [5.74, 6) is -0.877. The number of hydrogen-bond acceptors (Lipinski definition) is 6. The largest absolute Gasteiger partial charge is 0.450 e. The first-order chi connectivity index (χ1) is 10.6. The van der Waals surface area contributed by atoms with Crippen molar-refractivity contribution in [2.24, 2.45) is 0 Å². The Morgan fingerprint density at radius 1 is 1.41 bits per heavy atom. The van der Waals surface area contributed by atoms with Gasteiger partial charge in [0, 0.05) is 6.20 Å². The van der Waals surface area contributed by atoms with E-state index in [-0.39, 0.29) is 18.8 Å². The van der Waals surface area contributed by atoms with Crippen LogP contribution < -0.4 is 10.6 Å². The number of rotatable bonds is 6. The van der Waals surface area contributed by atoms with Gasteiger partial charge in [-0.2, -0.15) is 5.26 Å². The van der Waals surface area contributed by atoms with E-state index in [9.17, 15) is 14.7 Å². The Bertz CT molecular complexity index is 578. The Kier molecular flexibility index (Phi) is 7.16. The lowest BCUT2D eigenvalue weighted by atomic mass is 10.1. The topological polar surface area (TPSA) is 111 Å². The highest BCUT2D eigenvalue weighted by Crippen LogP contribution is 2.11. The number of carbonyl (C=O) groups excluding carboxylic acids is 2. The van der Waals surface area contributed by atoms with Crippen molar-refractivity contribution < 1.29 is 19.4 Å². The van der Waals surface area contributed by atoms with Gasteiger partial charge in [0.05, 0.1) is 19.3 Å². The number of ether oxygens (including phenoxy) is 1. The number of aliphatic hydroxyl groups excluding tert-OH is 1. The second kappa shape index (κ2) is 9.15. The molecule has 0 aliphatic rings. The van der Waals surface area contributed by atoms with Crippen LogP contribution in [0, 0.1) is 11.3 Å². The summed E-state index contributed by atoms with van der Waals surface area (Å²) >= 11 is 0. The minimum absolute atomic E-state index is 0.115. The highest BCUT2D eigenvalue weighted by atomic mass is 16.5. The monoisotopic (exact) mass is 303 g/mol. The molecule has 7 heteroatoms. The number of benzene rings is 1. The number of nitrogens with zero attached hydrogens (tertiary/aromatic N) is 1. The molecular weight excluding hydrogens is 286 g/mol. The molecule has 1 aromatic carbocycles. The minimum atomic E-state index is -0.921. The second-order valence-electron chi connectivity index (χ2n) is 4.16. The SMILES string of the molecule is CCOC(=O)NC(=O)/C(C#N)=C/NC(CO)c1ccccc1. The van der Waals surface area contributed by atoms with Crippen LogP contribution in [0.4, 0.5) is 4.79 Å². The molecule has 0 spiro atoms. The third-order valence-corrected chi connectivity index (χ3v) is 2.67. The standard InChI is InChI=1S/C15H17N3O4/c1-2-22-15(21)18-14(20)12(8-16)9-17-13(10-19)11-6-4-3-5-7-11/h3-7,9,13,17,19H,2,10H2,1H3,(H,18,20,21)/b12-9+. The summed E-state index contributed by atoms with van der Waals surface area (Å²) in [6, 6.07) is 10.3. The first kappa shape index (κ1) is 17.2. The molecule has 0 aliphatic carbocycles.